The van der Waals surface area contributed by atoms with E-state index in [0.717, 1.165) is 10.7 Å². The zero-order valence-electron chi connectivity index (χ0n) is 7.39. The van der Waals surface area contributed by atoms with Crippen LogP contribution in [0.5, 0.6) is 0 Å². The first-order valence-corrected chi connectivity index (χ1v) is 8.26. The Kier molecular flexibility index (Phi) is 6.29. The number of halogens is 4. The fourth-order valence-corrected chi connectivity index (χ4v) is 2.44. The maximum absolute atomic E-state index is 3.62. The minimum absolute atomic E-state index is 0.387. The molecule has 0 radical (unpaired) electrons. The Morgan fingerprint density at radius 2 is 1.36 bits per heavy atom. The Labute approximate surface area is 118 Å². The van der Waals surface area contributed by atoms with E-state index in [1.807, 2.05) is 0 Å². The molecule has 0 aliphatic rings. The summed E-state index contributed by atoms with van der Waals surface area (Å²) in [4.78, 5) is 0.773. The van der Waals surface area contributed by atoms with Gasteiger partial charge < -0.3 is 0 Å². The lowest BCUT2D eigenvalue weighted by molar-refractivity contribution is 1.10. The molecule has 0 amide bonds. The van der Waals surface area contributed by atoms with Crippen molar-refractivity contribution in [3.8, 4) is 0 Å². The van der Waals surface area contributed by atoms with Crippen LogP contribution in [0.25, 0.3) is 0 Å². The van der Waals surface area contributed by atoms with Crippen LogP contribution in [0.3, 0.4) is 0 Å². The van der Waals surface area contributed by atoms with E-state index in [1.165, 1.54) is 11.1 Å². The molecule has 1 aromatic rings. The fourth-order valence-electron chi connectivity index (χ4n) is 1.13. The highest BCUT2D eigenvalue weighted by Crippen LogP contribution is 2.30. The van der Waals surface area contributed by atoms with E-state index in [-0.39, 0.29) is 0 Å². The van der Waals surface area contributed by atoms with Gasteiger partial charge in [-0.1, -0.05) is 88.0 Å². The summed E-state index contributed by atoms with van der Waals surface area (Å²) in [5, 5.41) is 1.86. The van der Waals surface area contributed by atoms with Gasteiger partial charge in [-0.3, -0.25) is 0 Å². The van der Waals surface area contributed by atoms with Crippen LogP contribution in [0, 0.1) is 0 Å². The largest absolute Gasteiger partial charge is 0.0912 e. The van der Waals surface area contributed by atoms with Gasteiger partial charge in [-0.2, -0.15) is 0 Å². The SMILES string of the molecule is BrC[C@@H](Br)c1cccc([C@H](Br)CBr)c1. The first-order chi connectivity index (χ1) is 6.69. The molecule has 0 fully saturated rings. The molecular formula is C10H10Br4. The molecule has 0 aliphatic heterocycles. The van der Waals surface area contributed by atoms with Crippen LogP contribution in [0.4, 0.5) is 0 Å². The van der Waals surface area contributed by atoms with E-state index in [0.29, 0.717) is 9.65 Å². The van der Waals surface area contributed by atoms with Gasteiger partial charge >= 0.3 is 0 Å². The third kappa shape index (κ3) is 3.62. The fraction of sp³-hybridized carbons (Fsp3) is 0.400. The number of hydrogen-bond acceptors (Lipinski definition) is 0. The molecule has 0 aliphatic carbocycles. The summed E-state index contributed by atoms with van der Waals surface area (Å²) in [6.07, 6.45) is 0. The lowest BCUT2D eigenvalue weighted by Gasteiger charge is -2.11. The van der Waals surface area contributed by atoms with Crippen LogP contribution >= 0.6 is 63.7 Å². The molecule has 4 heteroatoms. The predicted molar refractivity (Wildman–Crippen MR) is 77.4 cm³/mol. The second-order valence-electron chi connectivity index (χ2n) is 2.91. The Bertz CT molecular complexity index is 262. The Morgan fingerprint density at radius 3 is 1.71 bits per heavy atom. The van der Waals surface area contributed by atoms with E-state index in [4.69, 9.17) is 0 Å². The third-order valence-corrected chi connectivity index (χ3v) is 6.64. The second-order valence-corrected chi connectivity index (χ2v) is 6.42. The standard InChI is InChI=1S/C10H10Br4/c11-5-9(13)7-2-1-3-8(4-7)10(14)6-12/h1-4,9-10H,5-6H2/t9-,10-/m1/s1. The molecule has 0 spiro atoms. The van der Waals surface area contributed by atoms with Crippen molar-refractivity contribution < 1.29 is 0 Å². The van der Waals surface area contributed by atoms with Gasteiger partial charge in [0.15, 0.2) is 0 Å². The highest BCUT2D eigenvalue weighted by atomic mass is 79.9. The van der Waals surface area contributed by atoms with Gasteiger partial charge in [-0.15, -0.1) is 0 Å². The number of rotatable bonds is 4. The van der Waals surface area contributed by atoms with Crippen molar-refractivity contribution >= 4 is 63.7 Å². The summed E-state index contributed by atoms with van der Waals surface area (Å²) in [5.41, 5.74) is 2.62. The highest BCUT2D eigenvalue weighted by Gasteiger charge is 2.09. The first kappa shape index (κ1) is 13.2. The van der Waals surface area contributed by atoms with Crippen LogP contribution in [0.2, 0.25) is 0 Å². The van der Waals surface area contributed by atoms with E-state index in [9.17, 15) is 0 Å². The molecule has 0 aromatic heterocycles. The first-order valence-electron chi connectivity index (χ1n) is 4.19. The highest BCUT2D eigenvalue weighted by molar-refractivity contribution is 9.12. The summed E-state index contributed by atoms with van der Waals surface area (Å²) in [7, 11) is 0. The number of alkyl halides is 4. The summed E-state index contributed by atoms with van der Waals surface area (Å²) in [5.74, 6) is 0. The molecule has 0 bridgehead atoms. The zero-order chi connectivity index (χ0) is 10.6. The summed E-state index contributed by atoms with van der Waals surface area (Å²) in [6, 6.07) is 8.59. The average Bonchev–Trinajstić information content (AvgIpc) is 2.27. The van der Waals surface area contributed by atoms with Crippen molar-refractivity contribution in [1.29, 1.82) is 0 Å². The van der Waals surface area contributed by atoms with Crippen LogP contribution in [-0.4, -0.2) is 10.7 Å². The van der Waals surface area contributed by atoms with E-state index < -0.39 is 0 Å². The summed E-state index contributed by atoms with van der Waals surface area (Å²) in [6.45, 7) is 0. The minimum atomic E-state index is 0.387. The molecule has 0 saturated carbocycles. The lowest BCUT2D eigenvalue weighted by Crippen LogP contribution is -1.95. The maximum atomic E-state index is 3.62. The van der Waals surface area contributed by atoms with Gasteiger partial charge in [-0.05, 0) is 11.1 Å². The lowest BCUT2D eigenvalue weighted by atomic mass is 10.1. The van der Waals surface area contributed by atoms with Crippen molar-refractivity contribution in [3.63, 3.8) is 0 Å². The van der Waals surface area contributed by atoms with E-state index >= 15 is 0 Å². The summed E-state index contributed by atoms with van der Waals surface area (Å²) >= 11 is 14.2. The molecule has 1 rings (SSSR count). The molecular weight excluding hydrogens is 440 g/mol. The molecule has 78 valence electrons. The quantitative estimate of drug-likeness (QED) is 0.544. The van der Waals surface area contributed by atoms with Crippen LogP contribution in [-0.2, 0) is 0 Å². The summed E-state index contributed by atoms with van der Waals surface area (Å²) < 4.78 is 0. The molecule has 2 atom stereocenters. The van der Waals surface area contributed by atoms with Crippen molar-refractivity contribution in [1.82, 2.24) is 0 Å². The Hall–Kier alpha value is 1.14. The topological polar surface area (TPSA) is 0 Å². The molecule has 0 unspecified atom stereocenters. The normalized spacial score (nSPS) is 15.1. The molecule has 0 saturated heterocycles. The smallest absolute Gasteiger partial charge is 0.0492 e. The van der Waals surface area contributed by atoms with Crippen molar-refractivity contribution in [2.45, 2.75) is 9.65 Å². The van der Waals surface area contributed by atoms with E-state index in [1.54, 1.807) is 0 Å². The molecule has 0 nitrogen and oxygen atoms in total. The van der Waals surface area contributed by atoms with Crippen molar-refractivity contribution in [3.05, 3.63) is 35.4 Å². The molecule has 0 N–H and O–H groups in total. The monoisotopic (exact) mass is 446 g/mol. The number of hydrogen-bond donors (Lipinski definition) is 0. The number of benzene rings is 1. The van der Waals surface area contributed by atoms with Gasteiger partial charge in [-0.25, -0.2) is 0 Å². The third-order valence-electron chi connectivity index (χ3n) is 1.91. The zero-order valence-corrected chi connectivity index (χ0v) is 13.7. The van der Waals surface area contributed by atoms with Crippen LogP contribution < -0.4 is 0 Å². The van der Waals surface area contributed by atoms with Crippen molar-refractivity contribution in [2.24, 2.45) is 0 Å². The molecule has 14 heavy (non-hydrogen) atoms. The van der Waals surface area contributed by atoms with Crippen LogP contribution in [0.1, 0.15) is 20.8 Å². The second kappa shape index (κ2) is 6.66. The average molecular weight is 450 g/mol. The van der Waals surface area contributed by atoms with Gasteiger partial charge in [0.05, 0.1) is 0 Å². The van der Waals surface area contributed by atoms with E-state index in [2.05, 4.69) is 88.0 Å². The molecule has 1 aromatic carbocycles. The Balaban J connectivity index is 2.89. The van der Waals surface area contributed by atoms with Gasteiger partial charge in [0.2, 0.25) is 0 Å². The van der Waals surface area contributed by atoms with Crippen molar-refractivity contribution in [2.75, 3.05) is 10.7 Å². The van der Waals surface area contributed by atoms with Gasteiger partial charge in [0.1, 0.15) is 0 Å². The van der Waals surface area contributed by atoms with Gasteiger partial charge in [0, 0.05) is 20.3 Å². The molecule has 0 heterocycles. The maximum Gasteiger partial charge on any atom is 0.0492 e. The van der Waals surface area contributed by atoms with Crippen LogP contribution in [0.15, 0.2) is 24.3 Å². The Morgan fingerprint density at radius 1 is 0.929 bits per heavy atom. The minimum Gasteiger partial charge on any atom is -0.0912 e. The van der Waals surface area contributed by atoms with Gasteiger partial charge in [0.25, 0.3) is 0 Å². The predicted octanol–water partition coefficient (Wildman–Crippen LogP) is 5.35.